The van der Waals surface area contributed by atoms with E-state index in [-0.39, 0.29) is 29.8 Å². The Kier molecular flexibility index (Phi) is 5.86. The van der Waals surface area contributed by atoms with Gasteiger partial charge in [0.2, 0.25) is 0 Å². The molecular weight excluding hydrogens is 439 g/mol. The first-order valence-electron chi connectivity index (χ1n) is 10.8. The second-order valence-electron chi connectivity index (χ2n) is 7.93. The fourth-order valence-corrected chi connectivity index (χ4v) is 3.86. The summed E-state index contributed by atoms with van der Waals surface area (Å²) in [5.74, 6) is -1.11. The Labute approximate surface area is 194 Å². The molecule has 1 saturated heterocycles. The van der Waals surface area contributed by atoms with Crippen LogP contribution in [-0.2, 0) is 11.3 Å². The van der Waals surface area contributed by atoms with Crippen molar-refractivity contribution in [3.8, 4) is 11.3 Å². The number of halogens is 1. The predicted octanol–water partition coefficient (Wildman–Crippen LogP) is 1.81. The number of amides is 1. The van der Waals surface area contributed by atoms with Gasteiger partial charge in [-0.1, -0.05) is 0 Å². The van der Waals surface area contributed by atoms with E-state index in [1.165, 1.54) is 18.3 Å². The van der Waals surface area contributed by atoms with Crippen molar-refractivity contribution in [3.05, 3.63) is 71.4 Å². The third kappa shape index (κ3) is 4.18. The highest BCUT2D eigenvalue weighted by molar-refractivity contribution is 5.97. The van der Waals surface area contributed by atoms with Gasteiger partial charge in [-0.3, -0.25) is 9.78 Å². The number of hydrogen-bond acceptors (Lipinski definition) is 8. The molecule has 1 aliphatic rings. The van der Waals surface area contributed by atoms with Crippen LogP contribution in [0, 0.1) is 12.7 Å². The highest BCUT2D eigenvalue weighted by Crippen LogP contribution is 2.29. The molecule has 4 N–H and O–H groups in total. The van der Waals surface area contributed by atoms with Crippen LogP contribution in [0.2, 0.25) is 0 Å². The summed E-state index contributed by atoms with van der Waals surface area (Å²) in [6, 6.07) is 6.27. The maximum Gasteiger partial charge on any atom is 0.274 e. The average molecular weight is 462 g/mol. The molecule has 5 heterocycles. The Bertz CT molecular complexity index is 1370. The zero-order valence-electron chi connectivity index (χ0n) is 18.5. The number of carbonyl (C=O) groups excluding carboxylic acids is 1. The third-order valence-corrected chi connectivity index (χ3v) is 5.63. The molecule has 0 aliphatic carbocycles. The number of ether oxygens (including phenoxy) is 1. The van der Waals surface area contributed by atoms with Crippen molar-refractivity contribution in [3.63, 3.8) is 0 Å². The fourth-order valence-electron chi connectivity index (χ4n) is 3.86. The van der Waals surface area contributed by atoms with Gasteiger partial charge in [-0.15, -0.1) is 0 Å². The lowest BCUT2D eigenvalue weighted by atomic mass is 10.1. The molecule has 1 atom stereocenters. The van der Waals surface area contributed by atoms with E-state index >= 15 is 0 Å². The number of morpholine rings is 1. The van der Waals surface area contributed by atoms with Gasteiger partial charge < -0.3 is 25.5 Å². The van der Waals surface area contributed by atoms with Gasteiger partial charge in [-0.05, 0) is 31.2 Å². The van der Waals surface area contributed by atoms with E-state index < -0.39 is 11.7 Å². The Balaban J connectivity index is 1.54. The van der Waals surface area contributed by atoms with Crippen LogP contribution in [0.15, 0.2) is 42.9 Å². The summed E-state index contributed by atoms with van der Waals surface area (Å²) >= 11 is 0. The van der Waals surface area contributed by atoms with E-state index in [0.29, 0.717) is 31.1 Å². The molecule has 0 aromatic carbocycles. The lowest BCUT2D eigenvalue weighted by Crippen LogP contribution is -2.36. The zero-order valence-corrected chi connectivity index (χ0v) is 18.5. The molecule has 1 fully saturated rings. The van der Waals surface area contributed by atoms with Crippen LogP contribution >= 0.6 is 0 Å². The number of hydrogen-bond donors (Lipinski definition) is 3. The van der Waals surface area contributed by atoms with Gasteiger partial charge in [0.15, 0.2) is 11.5 Å². The summed E-state index contributed by atoms with van der Waals surface area (Å²) in [6.07, 6.45) is 5.13. The molecule has 4 aromatic rings. The second kappa shape index (κ2) is 9.12. The molecule has 1 aliphatic heterocycles. The summed E-state index contributed by atoms with van der Waals surface area (Å²) in [4.78, 5) is 30.4. The summed E-state index contributed by atoms with van der Waals surface area (Å²) in [5, 5.41) is 5.99. The number of nitrogens with one attached hydrogen (secondary N) is 2. The first kappa shape index (κ1) is 21.9. The second-order valence-corrected chi connectivity index (χ2v) is 7.93. The molecule has 0 saturated carbocycles. The van der Waals surface area contributed by atoms with E-state index in [9.17, 15) is 9.18 Å². The third-order valence-electron chi connectivity index (χ3n) is 5.63. The van der Waals surface area contributed by atoms with Crippen molar-refractivity contribution >= 4 is 17.4 Å². The number of nitrogens with two attached hydrogens (primary N) is 1. The Morgan fingerprint density at radius 1 is 1.32 bits per heavy atom. The number of aromatic nitrogens is 5. The fraction of sp³-hybridized carbons (Fsp3) is 0.261. The topological polar surface area (TPSA) is 132 Å². The SMILES string of the molecule is Cc1cnc2ccc(-c3nc(C(=O)NCc4ncccc4F)c(N)nc3C3COCCN3)cn12. The molecule has 10 nitrogen and oxygen atoms in total. The first-order chi connectivity index (χ1) is 16.5. The van der Waals surface area contributed by atoms with E-state index in [1.54, 1.807) is 6.20 Å². The number of nitrogen functional groups attached to an aromatic ring is 1. The van der Waals surface area contributed by atoms with Crippen LogP contribution in [0.5, 0.6) is 0 Å². The van der Waals surface area contributed by atoms with Gasteiger partial charge in [-0.25, -0.2) is 19.3 Å². The zero-order chi connectivity index (χ0) is 23.7. The minimum Gasteiger partial charge on any atom is -0.382 e. The van der Waals surface area contributed by atoms with Crippen LogP contribution in [-0.4, -0.2) is 50.0 Å². The number of pyridine rings is 2. The van der Waals surface area contributed by atoms with E-state index in [0.717, 1.165) is 16.9 Å². The smallest absolute Gasteiger partial charge is 0.274 e. The summed E-state index contributed by atoms with van der Waals surface area (Å²) in [7, 11) is 0. The average Bonchev–Trinajstić information content (AvgIpc) is 3.23. The molecule has 4 aromatic heterocycles. The standard InChI is InChI=1S/C23H23FN8O2/c1-13-9-28-18-5-4-14(11-32(13)18)19-20(17-12-34-8-7-27-17)31-22(25)21(30-19)23(33)29-10-16-15(24)3-2-6-26-16/h2-6,9,11,17,27H,7-8,10,12H2,1H3,(H2,25,31)(H,29,33). The Morgan fingerprint density at radius 3 is 3.00 bits per heavy atom. The summed E-state index contributed by atoms with van der Waals surface area (Å²) in [5.41, 5.74) is 9.81. The minimum atomic E-state index is -0.574. The number of carbonyl (C=O) groups is 1. The van der Waals surface area contributed by atoms with Gasteiger partial charge in [0.1, 0.15) is 11.5 Å². The molecule has 1 unspecified atom stereocenters. The maximum atomic E-state index is 13.9. The molecule has 174 valence electrons. The van der Waals surface area contributed by atoms with E-state index in [4.69, 9.17) is 10.5 Å². The molecule has 5 rings (SSSR count). The van der Waals surface area contributed by atoms with Gasteiger partial charge in [0.05, 0.1) is 42.9 Å². The Morgan fingerprint density at radius 2 is 2.21 bits per heavy atom. The lowest BCUT2D eigenvalue weighted by molar-refractivity contribution is 0.0757. The molecule has 0 radical (unpaired) electrons. The maximum absolute atomic E-state index is 13.9. The molecule has 34 heavy (non-hydrogen) atoms. The summed E-state index contributed by atoms with van der Waals surface area (Å²) < 4.78 is 21.5. The number of imidazole rings is 1. The van der Waals surface area contributed by atoms with Crippen molar-refractivity contribution < 1.29 is 13.9 Å². The Hall–Kier alpha value is -3.96. The van der Waals surface area contributed by atoms with Crippen molar-refractivity contribution in [1.29, 1.82) is 0 Å². The van der Waals surface area contributed by atoms with Crippen molar-refractivity contribution in [2.24, 2.45) is 0 Å². The van der Waals surface area contributed by atoms with Gasteiger partial charge in [0, 0.05) is 36.4 Å². The molecule has 1 amide bonds. The number of aryl methyl sites for hydroxylation is 1. The van der Waals surface area contributed by atoms with Crippen LogP contribution in [0.25, 0.3) is 16.9 Å². The molecule has 11 heteroatoms. The van der Waals surface area contributed by atoms with Crippen LogP contribution in [0.3, 0.4) is 0 Å². The molecule has 0 bridgehead atoms. The van der Waals surface area contributed by atoms with Crippen molar-refractivity contribution in [1.82, 2.24) is 35.0 Å². The van der Waals surface area contributed by atoms with Gasteiger partial charge in [0.25, 0.3) is 5.91 Å². The van der Waals surface area contributed by atoms with Crippen LogP contribution in [0.4, 0.5) is 10.2 Å². The normalized spacial score (nSPS) is 16.0. The van der Waals surface area contributed by atoms with Gasteiger partial charge in [-0.2, -0.15) is 0 Å². The monoisotopic (exact) mass is 462 g/mol. The van der Waals surface area contributed by atoms with Gasteiger partial charge >= 0.3 is 0 Å². The molecule has 0 spiro atoms. The van der Waals surface area contributed by atoms with Crippen LogP contribution in [0.1, 0.15) is 33.6 Å². The number of anilines is 1. The number of nitrogens with zero attached hydrogens (tertiary/aromatic N) is 5. The quantitative estimate of drug-likeness (QED) is 0.409. The van der Waals surface area contributed by atoms with Crippen molar-refractivity contribution in [2.75, 3.05) is 25.5 Å². The number of rotatable bonds is 5. The van der Waals surface area contributed by atoms with Crippen LogP contribution < -0.4 is 16.4 Å². The molecular formula is C23H23FN8O2. The largest absolute Gasteiger partial charge is 0.382 e. The highest BCUT2D eigenvalue weighted by atomic mass is 19.1. The van der Waals surface area contributed by atoms with E-state index in [2.05, 4.69) is 30.6 Å². The van der Waals surface area contributed by atoms with Crippen molar-refractivity contribution in [2.45, 2.75) is 19.5 Å². The lowest BCUT2D eigenvalue weighted by Gasteiger charge is -2.25. The summed E-state index contributed by atoms with van der Waals surface area (Å²) in [6.45, 7) is 3.49. The van der Waals surface area contributed by atoms with E-state index in [1.807, 2.05) is 29.7 Å². The minimum absolute atomic E-state index is 0.0231. The highest BCUT2D eigenvalue weighted by Gasteiger charge is 2.26. The predicted molar refractivity (Wildman–Crippen MR) is 122 cm³/mol. The number of fused-ring (bicyclic) bond motifs is 1. The first-order valence-corrected chi connectivity index (χ1v) is 10.8.